The molecule has 1 aliphatic rings. The van der Waals surface area contributed by atoms with E-state index in [0.717, 1.165) is 41.6 Å². The second-order valence-corrected chi connectivity index (χ2v) is 6.00. The molecule has 0 spiro atoms. The monoisotopic (exact) mass is 346 g/mol. The molecule has 1 aromatic rings. The Morgan fingerprint density at radius 3 is 2.41 bits per heavy atom. The quantitative estimate of drug-likeness (QED) is 0.782. The number of halogens is 1. The zero-order chi connectivity index (χ0) is 12.3. The van der Waals surface area contributed by atoms with E-state index >= 15 is 0 Å². The van der Waals surface area contributed by atoms with Gasteiger partial charge in [-0.25, -0.2) is 0 Å². The minimum absolute atomic E-state index is 0.750. The minimum Gasteiger partial charge on any atom is -0.353 e. The third kappa shape index (κ3) is 3.77. The van der Waals surface area contributed by atoms with Crippen molar-refractivity contribution in [1.82, 2.24) is 15.1 Å². The maximum Gasteiger partial charge on any atom is 0.151 e. The number of anilines is 1. The lowest BCUT2D eigenvalue weighted by Gasteiger charge is -2.35. The highest BCUT2D eigenvalue weighted by atomic mass is 127. The van der Waals surface area contributed by atoms with Crippen LogP contribution in [0.25, 0.3) is 0 Å². The molecular weight excluding hydrogens is 327 g/mol. The molecule has 0 aromatic carbocycles. The van der Waals surface area contributed by atoms with E-state index in [1.165, 1.54) is 6.54 Å². The number of piperazine rings is 1. The second-order valence-electron chi connectivity index (χ2n) is 4.90. The summed E-state index contributed by atoms with van der Waals surface area (Å²) in [6.45, 7) is 10.1. The van der Waals surface area contributed by atoms with Crippen LogP contribution in [0.5, 0.6) is 0 Å². The molecule has 0 unspecified atom stereocenters. The topological polar surface area (TPSA) is 32.3 Å². The van der Waals surface area contributed by atoms with E-state index in [4.69, 9.17) is 0 Å². The van der Waals surface area contributed by atoms with Gasteiger partial charge in [0.05, 0.1) is 0 Å². The standard InChI is InChI=1S/C12H19IN4/c1-10(2)9-16-5-7-17(8-6-16)12-4-3-11(13)14-15-12/h3-4,10H,5-9H2,1-2H3. The Bertz CT molecular complexity index is 344. The predicted molar refractivity (Wildman–Crippen MR) is 78.2 cm³/mol. The zero-order valence-electron chi connectivity index (χ0n) is 10.4. The lowest BCUT2D eigenvalue weighted by molar-refractivity contribution is 0.231. The van der Waals surface area contributed by atoms with Gasteiger partial charge in [0.25, 0.3) is 0 Å². The van der Waals surface area contributed by atoms with Crippen molar-refractivity contribution in [3.05, 3.63) is 15.8 Å². The number of nitrogens with zero attached hydrogens (tertiary/aromatic N) is 4. The largest absolute Gasteiger partial charge is 0.353 e. The number of aromatic nitrogens is 2. The van der Waals surface area contributed by atoms with Gasteiger partial charge in [-0.2, -0.15) is 0 Å². The Labute approximate surface area is 117 Å². The fraction of sp³-hybridized carbons (Fsp3) is 0.667. The first kappa shape index (κ1) is 13.0. The molecule has 1 fully saturated rings. The van der Waals surface area contributed by atoms with Crippen molar-refractivity contribution in [2.24, 2.45) is 5.92 Å². The Balaban J connectivity index is 1.88. The van der Waals surface area contributed by atoms with Gasteiger partial charge in [0, 0.05) is 32.7 Å². The third-order valence-electron chi connectivity index (χ3n) is 2.94. The summed E-state index contributed by atoms with van der Waals surface area (Å²) in [7, 11) is 0. The van der Waals surface area contributed by atoms with Gasteiger partial charge in [-0.1, -0.05) is 13.8 Å². The highest BCUT2D eigenvalue weighted by molar-refractivity contribution is 14.1. The summed E-state index contributed by atoms with van der Waals surface area (Å²) in [4.78, 5) is 4.85. The molecular formula is C12H19IN4. The molecule has 0 radical (unpaired) electrons. The van der Waals surface area contributed by atoms with Gasteiger partial charge >= 0.3 is 0 Å². The maximum absolute atomic E-state index is 4.24. The van der Waals surface area contributed by atoms with Crippen LogP contribution in [0.2, 0.25) is 0 Å². The molecule has 0 N–H and O–H groups in total. The summed E-state index contributed by atoms with van der Waals surface area (Å²) in [5, 5.41) is 8.34. The van der Waals surface area contributed by atoms with Gasteiger partial charge < -0.3 is 4.90 Å². The van der Waals surface area contributed by atoms with Crippen LogP contribution in [0, 0.1) is 9.62 Å². The van der Waals surface area contributed by atoms with Crippen molar-refractivity contribution >= 4 is 28.4 Å². The maximum atomic E-state index is 4.24. The fourth-order valence-electron chi connectivity index (χ4n) is 2.15. The highest BCUT2D eigenvalue weighted by Gasteiger charge is 2.18. The van der Waals surface area contributed by atoms with E-state index in [1.807, 2.05) is 6.07 Å². The first-order valence-corrected chi connectivity index (χ1v) is 7.19. The van der Waals surface area contributed by atoms with Crippen LogP contribution in [0.3, 0.4) is 0 Å². The van der Waals surface area contributed by atoms with Crippen molar-refractivity contribution in [2.45, 2.75) is 13.8 Å². The fourth-order valence-corrected chi connectivity index (χ4v) is 2.44. The Morgan fingerprint density at radius 2 is 1.88 bits per heavy atom. The molecule has 0 atom stereocenters. The van der Waals surface area contributed by atoms with Crippen LogP contribution < -0.4 is 4.90 Å². The highest BCUT2D eigenvalue weighted by Crippen LogP contribution is 2.13. The van der Waals surface area contributed by atoms with Crippen molar-refractivity contribution in [1.29, 1.82) is 0 Å². The smallest absolute Gasteiger partial charge is 0.151 e. The number of rotatable bonds is 3. The summed E-state index contributed by atoms with van der Waals surface area (Å²) in [6.07, 6.45) is 0. The Morgan fingerprint density at radius 1 is 1.18 bits per heavy atom. The van der Waals surface area contributed by atoms with Gasteiger partial charge in [0.1, 0.15) is 3.70 Å². The first-order valence-electron chi connectivity index (χ1n) is 6.11. The van der Waals surface area contributed by atoms with E-state index in [0.29, 0.717) is 0 Å². The minimum atomic E-state index is 0.750. The van der Waals surface area contributed by atoms with E-state index < -0.39 is 0 Å². The summed E-state index contributed by atoms with van der Waals surface area (Å²) in [5.41, 5.74) is 0. The average Bonchev–Trinajstić information content (AvgIpc) is 2.30. The van der Waals surface area contributed by atoms with Crippen molar-refractivity contribution in [3.8, 4) is 0 Å². The van der Waals surface area contributed by atoms with Crippen molar-refractivity contribution in [3.63, 3.8) is 0 Å². The molecule has 0 amide bonds. The molecule has 0 saturated carbocycles. The normalized spacial score (nSPS) is 17.8. The van der Waals surface area contributed by atoms with Crippen LogP contribution in [-0.2, 0) is 0 Å². The zero-order valence-corrected chi connectivity index (χ0v) is 12.6. The third-order valence-corrected chi connectivity index (χ3v) is 3.51. The molecule has 17 heavy (non-hydrogen) atoms. The van der Waals surface area contributed by atoms with Crippen LogP contribution in [-0.4, -0.2) is 47.8 Å². The van der Waals surface area contributed by atoms with E-state index in [9.17, 15) is 0 Å². The molecule has 94 valence electrons. The lowest BCUT2D eigenvalue weighted by atomic mass is 10.2. The molecule has 4 nitrogen and oxygen atoms in total. The molecule has 2 heterocycles. The van der Waals surface area contributed by atoms with Gasteiger partial charge in [0.15, 0.2) is 5.82 Å². The molecule has 1 saturated heterocycles. The summed E-state index contributed by atoms with van der Waals surface area (Å²) in [6, 6.07) is 4.08. The van der Waals surface area contributed by atoms with Gasteiger partial charge in [-0.15, -0.1) is 10.2 Å². The average molecular weight is 346 g/mol. The first-order chi connectivity index (χ1) is 8.15. The van der Waals surface area contributed by atoms with Gasteiger partial charge in [0.2, 0.25) is 0 Å². The number of hydrogen-bond donors (Lipinski definition) is 0. The number of hydrogen-bond acceptors (Lipinski definition) is 4. The van der Waals surface area contributed by atoms with E-state index in [2.05, 4.69) is 62.5 Å². The summed E-state index contributed by atoms with van der Waals surface area (Å²) >= 11 is 2.18. The van der Waals surface area contributed by atoms with Crippen molar-refractivity contribution in [2.75, 3.05) is 37.6 Å². The van der Waals surface area contributed by atoms with Crippen LogP contribution in [0.4, 0.5) is 5.82 Å². The van der Waals surface area contributed by atoms with Crippen LogP contribution in [0.15, 0.2) is 12.1 Å². The molecule has 0 aliphatic carbocycles. The Hall–Kier alpha value is -0.430. The summed E-state index contributed by atoms with van der Waals surface area (Å²) < 4.78 is 0.949. The molecule has 1 aromatic heterocycles. The van der Waals surface area contributed by atoms with Gasteiger partial charge in [-0.3, -0.25) is 4.90 Å². The molecule has 0 bridgehead atoms. The lowest BCUT2D eigenvalue weighted by Crippen LogP contribution is -2.47. The van der Waals surface area contributed by atoms with E-state index in [1.54, 1.807) is 0 Å². The second kappa shape index (κ2) is 5.95. The SMILES string of the molecule is CC(C)CN1CCN(c2ccc(I)nn2)CC1. The van der Waals surface area contributed by atoms with Crippen LogP contribution in [0.1, 0.15) is 13.8 Å². The summed E-state index contributed by atoms with van der Waals surface area (Å²) in [5.74, 6) is 1.76. The van der Waals surface area contributed by atoms with Crippen LogP contribution >= 0.6 is 22.6 Å². The Kier molecular flexibility index (Phi) is 4.55. The molecule has 2 rings (SSSR count). The predicted octanol–water partition coefficient (Wildman–Crippen LogP) is 1.86. The molecule has 1 aliphatic heterocycles. The molecule has 5 heteroatoms. The van der Waals surface area contributed by atoms with Gasteiger partial charge in [-0.05, 0) is 40.6 Å². The van der Waals surface area contributed by atoms with Crippen molar-refractivity contribution < 1.29 is 0 Å². The van der Waals surface area contributed by atoms with E-state index in [-0.39, 0.29) is 0 Å².